The summed E-state index contributed by atoms with van der Waals surface area (Å²) in [7, 11) is 0. The number of pyridine rings is 1. The molecule has 0 radical (unpaired) electrons. The number of carbonyl (C=O) groups is 2. The predicted molar refractivity (Wildman–Crippen MR) is 107 cm³/mol. The second kappa shape index (κ2) is 10.5. The van der Waals surface area contributed by atoms with Crippen molar-refractivity contribution in [2.45, 2.75) is 20.8 Å². The molecule has 0 unspecified atom stereocenters. The summed E-state index contributed by atoms with van der Waals surface area (Å²) >= 11 is 3.24. The highest BCUT2D eigenvalue weighted by Crippen LogP contribution is 2.39. The van der Waals surface area contributed by atoms with E-state index in [1.807, 2.05) is 20.8 Å². The fourth-order valence-corrected chi connectivity index (χ4v) is 2.68. The van der Waals surface area contributed by atoms with E-state index in [9.17, 15) is 9.59 Å². The molecule has 1 aromatic heterocycles. The van der Waals surface area contributed by atoms with Crippen LogP contribution >= 0.6 is 15.9 Å². The lowest BCUT2D eigenvalue weighted by atomic mass is 10.1. The van der Waals surface area contributed by atoms with Crippen LogP contribution in [0.4, 0.5) is 0 Å². The van der Waals surface area contributed by atoms with Gasteiger partial charge in [0, 0.05) is 22.4 Å². The first-order valence-corrected chi connectivity index (χ1v) is 9.57. The van der Waals surface area contributed by atoms with Crippen LogP contribution in [-0.4, -0.2) is 36.6 Å². The minimum atomic E-state index is -0.527. The smallest absolute Gasteiger partial charge is 0.271 e. The molecular weight excluding hydrogens is 430 g/mol. The molecule has 0 saturated carbocycles. The Bertz CT molecular complexity index is 817. The quantitative estimate of drug-likeness (QED) is 0.598. The van der Waals surface area contributed by atoms with E-state index >= 15 is 0 Å². The Balaban J connectivity index is 2.20. The third-order valence-corrected chi connectivity index (χ3v) is 3.86. The van der Waals surface area contributed by atoms with Crippen molar-refractivity contribution in [3.05, 3.63) is 46.2 Å². The highest BCUT2D eigenvalue weighted by Gasteiger charge is 2.19. The summed E-state index contributed by atoms with van der Waals surface area (Å²) in [5.74, 6) is 0.197. The SMILES string of the molecule is CCOc1cc(C(=O)NNC(=O)c2cncc(Br)c2)cc(OCC)c1OCC. The number of benzene rings is 1. The van der Waals surface area contributed by atoms with Gasteiger partial charge in [-0.1, -0.05) is 0 Å². The van der Waals surface area contributed by atoms with Crippen LogP contribution in [0.15, 0.2) is 35.1 Å². The summed E-state index contributed by atoms with van der Waals surface area (Å²) in [6, 6.07) is 4.67. The van der Waals surface area contributed by atoms with Crippen LogP contribution in [0.5, 0.6) is 17.2 Å². The Labute approximate surface area is 171 Å². The van der Waals surface area contributed by atoms with E-state index in [0.29, 0.717) is 47.1 Å². The number of hydrazine groups is 1. The largest absolute Gasteiger partial charge is 0.490 e. The number of hydrogen-bond donors (Lipinski definition) is 2. The molecule has 0 fully saturated rings. The zero-order chi connectivity index (χ0) is 20.5. The molecule has 0 spiro atoms. The van der Waals surface area contributed by atoms with Crippen LogP contribution in [0.2, 0.25) is 0 Å². The summed E-state index contributed by atoms with van der Waals surface area (Å²) < 4.78 is 17.4. The Morgan fingerprint density at radius 3 is 1.89 bits per heavy atom. The van der Waals surface area contributed by atoms with Crippen molar-refractivity contribution in [2.75, 3.05) is 19.8 Å². The number of hydrogen-bond acceptors (Lipinski definition) is 6. The molecule has 2 amide bonds. The zero-order valence-electron chi connectivity index (χ0n) is 15.9. The maximum atomic E-state index is 12.5. The standard InChI is InChI=1S/C19H22BrN3O5/c1-4-26-15-8-12(9-16(27-5-2)17(15)28-6-3)18(24)22-23-19(25)13-7-14(20)11-21-10-13/h7-11H,4-6H2,1-3H3,(H,22,24)(H,23,25). The van der Waals surface area contributed by atoms with Crippen molar-refractivity contribution in [3.63, 3.8) is 0 Å². The Kier molecular flexibility index (Phi) is 8.06. The first-order valence-electron chi connectivity index (χ1n) is 8.77. The fourth-order valence-electron chi connectivity index (χ4n) is 2.31. The number of ether oxygens (including phenoxy) is 3. The number of nitrogens with zero attached hydrogens (tertiary/aromatic N) is 1. The Morgan fingerprint density at radius 1 is 0.857 bits per heavy atom. The van der Waals surface area contributed by atoms with Gasteiger partial charge in [-0.2, -0.15) is 0 Å². The summed E-state index contributed by atoms with van der Waals surface area (Å²) in [5.41, 5.74) is 5.28. The van der Waals surface area contributed by atoms with Gasteiger partial charge in [0.1, 0.15) is 0 Å². The van der Waals surface area contributed by atoms with Gasteiger partial charge in [-0.15, -0.1) is 0 Å². The molecule has 1 aromatic carbocycles. The maximum absolute atomic E-state index is 12.5. The van der Waals surface area contributed by atoms with Crippen molar-refractivity contribution in [1.82, 2.24) is 15.8 Å². The van der Waals surface area contributed by atoms with Crippen LogP contribution in [0.3, 0.4) is 0 Å². The van der Waals surface area contributed by atoms with Crippen molar-refractivity contribution in [3.8, 4) is 17.2 Å². The molecule has 0 atom stereocenters. The topological polar surface area (TPSA) is 98.8 Å². The van der Waals surface area contributed by atoms with Crippen molar-refractivity contribution in [2.24, 2.45) is 0 Å². The van der Waals surface area contributed by atoms with Crippen molar-refractivity contribution < 1.29 is 23.8 Å². The lowest BCUT2D eigenvalue weighted by molar-refractivity contribution is 0.0846. The van der Waals surface area contributed by atoms with Gasteiger partial charge in [0.25, 0.3) is 11.8 Å². The third kappa shape index (κ3) is 5.59. The molecule has 8 nitrogen and oxygen atoms in total. The van der Waals surface area contributed by atoms with E-state index in [4.69, 9.17) is 14.2 Å². The molecule has 0 aliphatic heterocycles. The highest BCUT2D eigenvalue weighted by molar-refractivity contribution is 9.10. The first kappa shape index (κ1) is 21.5. The van der Waals surface area contributed by atoms with E-state index in [-0.39, 0.29) is 5.56 Å². The third-order valence-electron chi connectivity index (χ3n) is 3.43. The van der Waals surface area contributed by atoms with Gasteiger partial charge in [-0.05, 0) is 54.9 Å². The average Bonchev–Trinajstić information content (AvgIpc) is 2.68. The van der Waals surface area contributed by atoms with E-state index in [1.165, 1.54) is 6.20 Å². The summed E-state index contributed by atoms with van der Waals surface area (Å²) in [4.78, 5) is 28.6. The molecule has 2 rings (SSSR count). The predicted octanol–water partition coefficient (Wildman–Crippen LogP) is 3.12. The van der Waals surface area contributed by atoms with Gasteiger partial charge in [-0.25, -0.2) is 0 Å². The van der Waals surface area contributed by atoms with Crippen LogP contribution < -0.4 is 25.1 Å². The Hall–Kier alpha value is -2.81. The second-order valence-electron chi connectivity index (χ2n) is 5.40. The summed E-state index contributed by atoms with van der Waals surface area (Å²) in [5, 5.41) is 0. The van der Waals surface area contributed by atoms with E-state index in [1.54, 1.807) is 24.4 Å². The van der Waals surface area contributed by atoms with Gasteiger partial charge in [0.15, 0.2) is 11.5 Å². The van der Waals surface area contributed by atoms with E-state index in [2.05, 4.69) is 31.8 Å². The minimum absolute atomic E-state index is 0.253. The van der Waals surface area contributed by atoms with Gasteiger partial charge in [0.05, 0.1) is 25.4 Å². The molecule has 150 valence electrons. The first-order chi connectivity index (χ1) is 13.5. The van der Waals surface area contributed by atoms with E-state index in [0.717, 1.165) is 0 Å². The van der Waals surface area contributed by atoms with Crippen molar-refractivity contribution >= 4 is 27.7 Å². The molecule has 0 saturated heterocycles. The van der Waals surface area contributed by atoms with Crippen LogP contribution in [0, 0.1) is 0 Å². The van der Waals surface area contributed by atoms with Crippen LogP contribution in [0.25, 0.3) is 0 Å². The monoisotopic (exact) mass is 451 g/mol. The molecule has 28 heavy (non-hydrogen) atoms. The molecule has 2 aromatic rings. The molecule has 0 bridgehead atoms. The fraction of sp³-hybridized carbons (Fsp3) is 0.316. The number of carbonyl (C=O) groups excluding carboxylic acids is 2. The molecule has 1 heterocycles. The number of halogens is 1. The number of aromatic nitrogens is 1. The zero-order valence-corrected chi connectivity index (χ0v) is 17.5. The lowest BCUT2D eigenvalue weighted by Crippen LogP contribution is -2.41. The van der Waals surface area contributed by atoms with Gasteiger partial charge >= 0.3 is 0 Å². The normalized spacial score (nSPS) is 10.1. The second-order valence-corrected chi connectivity index (χ2v) is 6.32. The number of nitrogens with one attached hydrogen (secondary N) is 2. The minimum Gasteiger partial charge on any atom is -0.490 e. The summed E-state index contributed by atoms with van der Waals surface area (Å²) in [6.45, 7) is 6.71. The maximum Gasteiger partial charge on any atom is 0.271 e. The lowest BCUT2D eigenvalue weighted by Gasteiger charge is -2.17. The highest BCUT2D eigenvalue weighted by atomic mass is 79.9. The molecule has 2 N–H and O–H groups in total. The number of amides is 2. The van der Waals surface area contributed by atoms with Crippen LogP contribution in [-0.2, 0) is 0 Å². The van der Waals surface area contributed by atoms with Gasteiger partial charge in [-0.3, -0.25) is 25.4 Å². The van der Waals surface area contributed by atoms with E-state index < -0.39 is 11.8 Å². The molecule has 0 aliphatic rings. The van der Waals surface area contributed by atoms with Crippen molar-refractivity contribution in [1.29, 1.82) is 0 Å². The van der Waals surface area contributed by atoms with Gasteiger partial charge in [0.2, 0.25) is 5.75 Å². The molecule has 0 aliphatic carbocycles. The average molecular weight is 452 g/mol. The molecular formula is C19H22BrN3O5. The van der Waals surface area contributed by atoms with Crippen LogP contribution in [0.1, 0.15) is 41.5 Å². The van der Waals surface area contributed by atoms with Gasteiger partial charge < -0.3 is 14.2 Å². The molecule has 9 heteroatoms. The number of rotatable bonds is 8. The summed E-state index contributed by atoms with van der Waals surface area (Å²) in [6.07, 6.45) is 2.95. The Morgan fingerprint density at radius 2 is 1.39 bits per heavy atom.